The molecule has 0 unspecified atom stereocenters. The molecule has 0 aliphatic carbocycles. The predicted octanol–water partition coefficient (Wildman–Crippen LogP) is 3.30. The van der Waals surface area contributed by atoms with E-state index in [1.807, 2.05) is 0 Å². The van der Waals surface area contributed by atoms with E-state index >= 15 is 0 Å². The Kier molecular flexibility index (Phi) is 8.06. The lowest BCUT2D eigenvalue weighted by Crippen LogP contribution is -2.40. The molecule has 0 radical (unpaired) electrons. The first-order valence-corrected chi connectivity index (χ1v) is 7.24. The highest BCUT2D eigenvalue weighted by Crippen LogP contribution is 2.25. The molecule has 0 aromatic heterocycles. The Morgan fingerprint density at radius 1 is 1.00 bits per heavy atom. The molecule has 0 aromatic rings. The third-order valence-corrected chi connectivity index (χ3v) is 4.43. The van der Waals surface area contributed by atoms with E-state index in [4.69, 9.17) is 0 Å². The molecule has 0 saturated heterocycles. The van der Waals surface area contributed by atoms with Crippen molar-refractivity contribution < 1.29 is 5.11 Å². The van der Waals surface area contributed by atoms with Crippen LogP contribution in [0.4, 0.5) is 0 Å². The molecule has 2 heteroatoms. The van der Waals surface area contributed by atoms with Gasteiger partial charge in [0.05, 0.1) is 0 Å². The lowest BCUT2D eigenvalue weighted by Gasteiger charge is -2.32. The first-order chi connectivity index (χ1) is 7.92. The van der Waals surface area contributed by atoms with Gasteiger partial charge in [-0.05, 0) is 37.1 Å². The van der Waals surface area contributed by atoms with E-state index in [1.165, 1.54) is 0 Å². The first-order valence-electron chi connectivity index (χ1n) is 7.24. The van der Waals surface area contributed by atoms with Crippen molar-refractivity contribution >= 4 is 0 Å². The molecular formula is C15H33NO. The molecule has 2 nitrogen and oxygen atoms in total. The monoisotopic (exact) mass is 243 g/mol. The van der Waals surface area contributed by atoms with Crippen molar-refractivity contribution in [3.8, 4) is 0 Å². The number of aliphatic hydroxyl groups excluding tert-OH is 1. The van der Waals surface area contributed by atoms with Crippen molar-refractivity contribution in [1.82, 2.24) is 5.32 Å². The summed E-state index contributed by atoms with van der Waals surface area (Å²) >= 11 is 0. The highest BCUT2D eigenvalue weighted by Gasteiger charge is 2.25. The average Bonchev–Trinajstić information content (AvgIpc) is 2.29. The van der Waals surface area contributed by atoms with Gasteiger partial charge in [-0.2, -0.15) is 0 Å². The van der Waals surface area contributed by atoms with Crippen LogP contribution in [0.1, 0.15) is 54.4 Å². The van der Waals surface area contributed by atoms with E-state index in [2.05, 4.69) is 46.9 Å². The Morgan fingerprint density at radius 3 is 1.76 bits per heavy atom. The van der Waals surface area contributed by atoms with Gasteiger partial charge in [-0.1, -0.05) is 41.5 Å². The lowest BCUT2D eigenvalue weighted by molar-refractivity contribution is 0.109. The third kappa shape index (κ3) is 5.39. The van der Waals surface area contributed by atoms with Crippen LogP contribution in [0, 0.1) is 23.2 Å². The lowest BCUT2D eigenvalue weighted by atomic mass is 9.82. The van der Waals surface area contributed by atoms with Gasteiger partial charge >= 0.3 is 0 Å². The van der Waals surface area contributed by atoms with Gasteiger partial charge < -0.3 is 10.4 Å². The van der Waals surface area contributed by atoms with Gasteiger partial charge in [0.2, 0.25) is 0 Å². The molecule has 0 amide bonds. The van der Waals surface area contributed by atoms with Crippen LogP contribution in [0.3, 0.4) is 0 Å². The van der Waals surface area contributed by atoms with Crippen molar-refractivity contribution in [2.45, 2.75) is 54.4 Å². The topological polar surface area (TPSA) is 32.3 Å². The average molecular weight is 243 g/mol. The maximum Gasteiger partial charge on any atom is 0.0499 e. The van der Waals surface area contributed by atoms with Crippen molar-refractivity contribution in [3.63, 3.8) is 0 Å². The highest BCUT2D eigenvalue weighted by atomic mass is 16.3. The Labute approximate surface area is 108 Å². The zero-order chi connectivity index (χ0) is 13.5. The van der Waals surface area contributed by atoms with E-state index in [0.717, 1.165) is 31.8 Å². The minimum absolute atomic E-state index is 0.0819. The molecule has 0 heterocycles. The van der Waals surface area contributed by atoms with Crippen molar-refractivity contribution in [3.05, 3.63) is 0 Å². The summed E-state index contributed by atoms with van der Waals surface area (Å²) < 4.78 is 0. The minimum Gasteiger partial charge on any atom is -0.396 e. The Balaban J connectivity index is 4.19. The van der Waals surface area contributed by atoms with E-state index in [-0.39, 0.29) is 5.41 Å². The van der Waals surface area contributed by atoms with Crippen LogP contribution in [-0.4, -0.2) is 24.8 Å². The summed E-state index contributed by atoms with van der Waals surface area (Å²) in [7, 11) is 0. The molecule has 0 aromatic carbocycles. The fourth-order valence-corrected chi connectivity index (χ4v) is 2.52. The summed E-state index contributed by atoms with van der Waals surface area (Å²) in [4.78, 5) is 0. The number of nitrogens with one attached hydrogen (secondary N) is 1. The molecule has 0 rings (SSSR count). The second-order valence-electron chi connectivity index (χ2n) is 6.15. The van der Waals surface area contributed by atoms with Gasteiger partial charge in [-0.25, -0.2) is 0 Å². The van der Waals surface area contributed by atoms with Gasteiger partial charge in [-0.3, -0.25) is 0 Å². The molecule has 0 fully saturated rings. The van der Waals surface area contributed by atoms with Crippen LogP contribution in [0.2, 0.25) is 0 Å². The summed E-state index contributed by atoms with van der Waals surface area (Å²) in [5.41, 5.74) is 0.0819. The molecular weight excluding hydrogens is 210 g/mol. The van der Waals surface area contributed by atoms with Crippen LogP contribution in [-0.2, 0) is 0 Å². The molecule has 2 N–H and O–H groups in total. The molecule has 104 valence electrons. The van der Waals surface area contributed by atoms with Gasteiger partial charge in [-0.15, -0.1) is 0 Å². The van der Waals surface area contributed by atoms with E-state index < -0.39 is 0 Å². The summed E-state index contributed by atoms with van der Waals surface area (Å²) in [6, 6.07) is 0. The van der Waals surface area contributed by atoms with Crippen LogP contribution < -0.4 is 5.32 Å². The maximum atomic E-state index is 9.52. The molecule has 0 atom stereocenters. The summed E-state index contributed by atoms with van der Waals surface area (Å²) in [5, 5.41) is 13.1. The van der Waals surface area contributed by atoms with Crippen molar-refractivity contribution in [2.24, 2.45) is 23.2 Å². The fraction of sp³-hybridized carbons (Fsp3) is 1.00. The van der Waals surface area contributed by atoms with Gasteiger partial charge in [0.15, 0.2) is 0 Å². The van der Waals surface area contributed by atoms with Crippen LogP contribution in [0.5, 0.6) is 0 Å². The standard InChI is InChI=1S/C15H33NO/c1-7-15(8-2,11-17)10-16-9-14(12(3)4)13(5)6/h12-14,16-17H,7-11H2,1-6H3. The smallest absolute Gasteiger partial charge is 0.0499 e. The fourth-order valence-electron chi connectivity index (χ4n) is 2.52. The predicted molar refractivity (Wildman–Crippen MR) is 76.1 cm³/mol. The second-order valence-corrected chi connectivity index (χ2v) is 6.15. The number of hydrogen-bond acceptors (Lipinski definition) is 2. The summed E-state index contributed by atoms with van der Waals surface area (Å²) in [5.74, 6) is 2.16. The minimum atomic E-state index is 0.0819. The normalized spacial score (nSPS) is 13.1. The van der Waals surface area contributed by atoms with E-state index in [9.17, 15) is 5.11 Å². The zero-order valence-electron chi connectivity index (χ0n) is 12.7. The number of rotatable bonds is 9. The van der Waals surface area contributed by atoms with Crippen molar-refractivity contribution in [2.75, 3.05) is 19.7 Å². The molecule has 0 bridgehead atoms. The first kappa shape index (κ1) is 16.9. The zero-order valence-corrected chi connectivity index (χ0v) is 12.7. The highest BCUT2D eigenvalue weighted by molar-refractivity contribution is 4.79. The maximum absolute atomic E-state index is 9.52. The largest absolute Gasteiger partial charge is 0.396 e. The molecule has 0 saturated carbocycles. The SMILES string of the molecule is CCC(CC)(CO)CNCC(C(C)C)C(C)C. The third-order valence-electron chi connectivity index (χ3n) is 4.43. The van der Waals surface area contributed by atoms with Gasteiger partial charge in [0, 0.05) is 18.6 Å². The van der Waals surface area contributed by atoms with Gasteiger partial charge in [0.1, 0.15) is 0 Å². The van der Waals surface area contributed by atoms with Crippen LogP contribution >= 0.6 is 0 Å². The number of hydrogen-bond donors (Lipinski definition) is 2. The summed E-state index contributed by atoms with van der Waals surface area (Å²) in [6.07, 6.45) is 2.09. The Morgan fingerprint density at radius 2 is 1.47 bits per heavy atom. The van der Waals surface area contributed by atoms with Crippen molar-refractivity contribution in [1.29, 1.82) is 0 Å². The van der Waals surface area contributed by atoms with E-state index in [1.54, 1.807) is 0 Å². The second kappa shape index (κ2) is 8.10. The van der Waals surface area contributed by atoms with Crippen LogP contribution in [0.25, 0.3) is 0 Å². The Bertz CT molecular complexity index is 169. The van der Waals surface area contributed by atoms with Gasteiger partial charge in [0.25, 0.3) is 0 Å². The van der Waals surface area contributed by atoms with Crippen LogP contribution in [0.15, 0.2) is 0 Å². The number of aliphatic hydroxyl groups is 1. The molecule has 0 aliphatic heterocycles. The molecule has 0 aliphatic rings. The summed E-state index contributed by atoms with van der Waals surface area (Å²) in [6.45, 7) is 15.8. The Hall–Kier alpha value is -0.0800. The molecule has 0 spiro atoms. The quantitative estimate of drug-likeness (QED) is 0.651. The van der Waals surface area contributed by atoms with E-state index in [0.29, 0.717) is 18.4 Å². The molecule has 17 heavy (non-hydrogen) atoms.